The highest BCUT2D eigenvalue weighted by atomic mass is 16.0. The lowest BCUT2D eigenvalue weighted by atomic mass is 10.1. The van der Waals surface area contributed by atoms with Crippen LogP contribution in [-0.2, 0) is 6.42 Å². The van der Waals surface area contributed by atoms with Crippen molar-refractivity contribution in [3.05, 3.63) is 29.8 Å². The smallest absolute Gasteiger partial charge is 0.0487 e. The van der Waals surface area contributed by atoms with Gasteiger partial charge in [-0.15, -0.1) is 0 Å². The summed E-state index contributed by atoms with van der Waals surface area (Å²) in [6.45, 7) is 2.12. The van der Waals surface area contributed by atoms with Gasteiger partial charge in [0.25, 0.3) is 0 Å². The maximum atomic E-state index is 5.22. The van der Waals surface area contributed by atoms with Crippen LogP contribution in [0.1, 0.15) is 12.5 Å². The molecule has 5 N–H and O–H groups in total. The molecule has 1 aromatic carbocycles. The Morgan fingerprint density at radius 1 is 1.45 bits per heavy atom. The first-order valence-corrected chi connectivity index (χ1v) is 3.42. The summed E-state index contributed by atoms with van der Waals surface area (Å²) in [7, 11) is 0. The summed E-state index contributed by atoms with van der Waals surface area (Å²) >= 11 is 0. The standard InChI is InChI=1S/C8H12N2.H2O/c1-2-7-4-3-5-8(6-7)10-9;/h3-6,10H,2,9H2,1H3;1H2. The summed E-state index contributed by atoms with van der Waals surface area (Å²) < 4.78 is 0. The summed E-state index contributed by atoms with van der Waals surface area (Å²) in [4.78, 5) is 0. The largest absolute Gasteiger partial charge is 0.412 e. The first-order chi connectivity index (χ1) is 4.86. The summed E-state index contributed by atoms with van der Waals surface area (Å²) in [6, 6.07) is 8.06. The normalized spacial score (nSPS) is 8.55. The van der Waals surface area contributed by atoms with Crippen LogP contribution < -0.4 is 11.3 Å². The second-order valence-corrected chi connectivity index (χ2v) is 2.20. The average Bonchev–Trinajstić information content (AvgIpc) is 2.05. The fourth-order valence-electron chi connectivity index (χ4n) is 0.881. The minimum Gasteiger partial charge on any atom is -0.412 e. The van der Waals surface area contributed by atoms with Gasteiger partial charge < -0.3 is 10.9 Å². The van der Waals surface area contributed by atoms with Crippen molar-refractivity contribution in [3.8, 4) is 0 Å². The summed E-state index contributed by atoms with van der Waals surface area (Å²) in [5.74, 6) is 5.22. The van der Waals surface area contributed by atoms with E-state index in [0.29, 0.717) is 0 Å². The van der Waals surface area contributed by atoms with Gasteiger partial charge in [0.05, 0.1) is 0 Å². The molecule has 0 aliphatic rings. The lowest BCUT2D eigenvalue weighted by Crippen LogP contribution is -2.06. The van der Waals surface area contributed by atoms with E-state index < -0.39 is 0 Å². The monoisotopic (exact) mass is 154 g/mol. The predicted molar refractivity (Wildman–Crippen MR) is 47.2 cm³/mol. The number of hydrazine groups is 1. The summed E-state index contributed by atoms with van der Waals surface area (Å²) in [5.41, 5.74) is 4.87. The molecule has 0 saturated carbocycles. The fourth-order valence-corrected chi connectivity index (χ4v) is 0.881. The maximum Gasteiger partial charge on any atom is 0.0487 e. The number of aryl methyl sites for hydroxylation is 1. The zero-order valence-electron chi connectivity index (χ0n) is 6.59. The zero-order chi connectivity index (χ0) is 7.40. The third-order valence-corrected chi connectivity index (χ3v) is 1.50. The molecule has 0 aliphatic heterocycles. The Hall–Kier alpha value is -1.06. The van der Waals surface area contributed by atoms with Crippen LogP contribution >= 0.6 is 0 Å². The van der Waals surface area contributed by atoms with Crippen LogP contribution in [0.5, 0.6) is 0 Å². The predicted octanol–water partition coefficient (Wildman–Crippen LogP) is 0.710. The van der Waals surface area contributed by atoms with Gasteiger partial charge >= 0.3 is 0 Å². The number of benzene rings is 1. The molecule has 0 aromatic heterocycles. The van der Waals surface area contributed by atoms with Gasteiger partial charge in [0.2, 0.25) is 0 Å². The quantitative estimate of drug-likeness (QED) is 0.486. The molecule has 0 aliphatic carbocycles. The molecule has 0 atom stereocenters. The van der Waals surface area contributed by atoms with Crippen LogP contribution in [0.25, 0.3) is 0 Å². The highest BCUT2D eigenvalue weighted by Gasteiger charge is 1.89. The van der Waals surface area contributed by atoms with E-state index in [0.717, 1.165) is 12.1 Å². The molecule has 1 aromatic rings. The topological polar surface area (TPSA) is 69.5 Å². The van der Waals surface area contributed by atoms with E-state index in [1.165, 1.54) is 5.56 Å². The molecule has 11 heavy (non-hydrogen) atoms. The maximum absolute atomic E-state index is 5.22. The van der Waals surface area contributed by atoms with Crippen LogP contribution in [0.15, 0.2) is 24.3 Å². The Morgan fingerprint density at radius 3 is 2.73 bits per heavy atom. The number of anilines is 1. The second kappa shape index (κ2) is 4.71. The first-order valence-electron chi connectivity index (χ1n) is 3.42. The third-order valence-electron chi connectivity index (χ3n) is 1.50. The number of hydrogen-bond donors (Lipinski definition) is 2. The van der Waals surface area contributed by atoms with Crippen molar-refractivity contribution in [1.29, 1.82) is 0 Å². The SMILES string of the molecule is CCc1cccc(NN)c1.O. The van der Waals surface area contributed by atoms with Crippen LogP contribution in [-0.4, -0.2) is 5.48 Å². The number of nitrogen functional groups attached to an aromatic ring is 1. The average molecular weight is 154 g/mol. The van der Waals surface area contributed by atoms with Gasteiger partial charge in [0.1, 0.15) is 0 Å². The molecular weight excluding hydrogens is 140 g/mol. The van der Waals surface area contributed by atoms with E-state index in [1.807, 2.05) is 18.2 Å². The molecule has 3 nitrogen and oxygen atoms in total. The Kier molecular flexibility index (Phi) is 4.26. The highest BCUT2D eigenvalue weighted by molar-refractivity contribution is 5.44. The van der Waals surface area contributed by atoms with E-state index in [4.69, 9.17) is 5.84 Å². The Labute approximate surface area is 66.5 Å². The minimum absolute atomic E-state index is 0. The molecular formula is C8H14N2O. The highest BCUT2D eigenvalue weighted by Crippen LogP contribution is 2.08. The first kappa shape index (κ1) is 9.94. The third kappa shape index (κ3) is 2.57. The number of hydrogen-bond acceptors (Lipinski definition) is 2. The molecule has 0 heterocycles. The van der Waals surface area contributed by atoms with Gasteiger partial charge in [-0.3, -0.25) is 5.84 Å². The Morgan fingerprint density at radius 2 is 2.18 bits per heavy atom. The van der Waals surface area contributed by atoms with Crippen LogP contribution in [0.3, 0.4) is 0 Å². The van der Waals surface area contributed by atoms with E-state index in [2.05, 4.69) is 18.4 Å². The van der Waals surface area contributed by atoms with Crippen molar-refractivity contribution in [1.82, 2.24) is 0 Å². The molecule has 3 heteroatoms. The second-order valence-electron chi connectivity index (χ2n) is 2.20. The molecule has 0 bridgehead atoms. The molecule has 62 valence electrons. The van der Waals surface area contributed by atoms with Gasteiger partial charge in [-0.25, -0.2) is 0 Å². The summed E-state index contributed by atoms with van der Waals surface area (Å²) in [6.07, 6.45) is 1.05. The van der Waals surface area contributed by atoms with Crippen LogP contribution in [0, 0.1) is 0 Å². The van der Waals surface area contributed by atoms with Crippen LogP contribution in [0.2, 0.25) is 0 Å². The molecule has 0 saturated heterocycles. The summed E-state index contributed by atoms with van der Waals surface area (Å²) in [5, 5.41) is 0. The van der Waals surface area contributed by atoms with Crippen LogP contribution in [0.4, 0.5) is 5.69 Å². The van der Waals surface area contributed by atoms with Crippen molar-refractivity contribution >= 4 is 5.69 Å². The lowest BCUT2D eigenvalue weighted by molar-refractivity contribution is 0.824. The van der Waals surface area contributed by atoms with Gasteiger partial charge in [-0.05, 0) is 24.1 Å². The van der Waals surface area contributed by atoms with Gasteiger partial charge in [-0.1, -0.05) is 19.1 Å². The Balaban J connectivity index is 0.000001000. The van der Waals surface area contributed by atoms with Crippen molar-refractivity contribution < 1.29 is 5.48 Å². The molecule has 0 radical (unpaired) electrons. The Bertz CT molecular complexity index is 194. The van der Waals surface area contributed by atoms with Crippen molar-refractivity contribution in [2.24, 2.45) is 5.84 Å². The van der Waals surface area contributed by atoms with Gasteiger partial charge in [0, 0.05) is 5.69 Å². The molecule has 0 unspecified atom stereocenters. The van der Waals surface area contributed by atoms with E-state index in [-0.39, 0.29) is 5.48 Å². The molecule has 1 rings (SSSR count). The number of nitrogens with two attached hydrogens (primary N) is 1. The molecule has 0 amide bonds. The molecule has 0 fully saturated rings. The van der Waals surface area contributed by atoms with E-state index >= 15 is 0 Å². The minimum atomic E-state index is 0. The van der Waals surface area contributed by atoms with E-state index in [9.17, 15) is 0 Å². The van der Waals surface area contributed by atoms with Gasteiger partial charge in [0.15, 0.2) is 0 Å². The zero-order valence-corrected chi connectivity index (χ0v) is 6.59. The van der Waals surface area contributed by atoms with E-state index in [1.54, 1.807) is 0 Å². The molecule has 0 spiro atoms. The van der Waals surface area contributed by atoms with Crippen molar-refractivity contribution in [2.75, 3.05) is 5.43 Å². The van der Waals surface area contributed by atoms with Crippen molar-refractivity contribution in [2.45, 2.75) is 13.3 Å². The van der Waals surface area contributed by atoms with Crippen molar-refractivity contribution in [3.63, 3.8) is 0 Å². The number of rotatable bonds is 2. The number of nitrogens with one attached hydrogen (secondary N) is 1. The van der Waals surface area contributed by atoms with Gasteiger partial charge in [-0.2, -0.15) is 0 Å². The lowest BCUT2D eigenvalue weighted by Gasteiger charge is -2.00. The fraction of sp³-hybridized carbons (Fsp3) is 0.250.